The van der Waals surface area contributed by atoms with Crippen LogP contribution in [-0.4, -0.2) is 16.3 Å². The molecule has 0 amide bonds. The van der Waals surface area contributed by atoms with Gasteiger partial charge in [0.2, 0.25) is 0 Å². The van der Waals surface area contributed by atoms with Gasteiger partial charge in [-0.05, 0) is 36.8 Å². The zero-order chi connectivity index (χ0) is 15.8. The molecule has 1 aromatic heterocycles. The Morgan fingerprint density at radius 2 is 1.91 bits per heavy atom. The van der Waals surface area contributed by atoms with Gasteiger partial charge in [-0.1, -0.05) is 51.3 Å². The lowest BCUT2D eigenvalue weighted by Crippen LogP contribution is -2.10. The summed E-state index contributed by atoms with van der Waals surface area (Å²) in [7, 11) is 0. The first-order valence-electron chi connectivity index (χ1n) is 9.20. The van der Waals surface area contributed by atoms with Crippen LogP contribution < -0.4 is 5.32 Å². The summed E-state index contributed by atoms with van der Waals surface area (Å²) in [5.41, 5.74) is 5.48. The van der Waals surface area contributed by atoms with Crippen molar-refractivity contribution in [3.05, 3.63) is 41.1 Å². The van der Waals surface area contributed by atoms with Gasteiger partial charge in [-0.15, -0.1) is 0 Å². The van der Waals surface area contributed by atoms with Gasteiger partial charge in [0, 0.05) is 18.0 Å². The Bertz CT molecular complexity index is 693. The topological polar surface area (TPSA) is 29.9 Å². The molecule has 1 aliphatic carbocycles. The van der Waals surface area contributed by atoms with E-state index in [0.29, 0.717) is 11.8 Å². The van der Waals surface area contributed by atoms with Gasteiger partial charge in [0.15, 0.2) is 0 Å². The first-order chi connectivity index (χ1) is 11.3. The number of benzene rings is 1. The zero-order valence-corrected chi connectivity index (χ0v) is 14.3. The minimum atomic E-state index is 0.505. The minimum Gasteiger partial charge on any atom is -0.369 e. The van der Waals surface area contributed by atoms with Crippen LogP contribution in [0.25, 0.3) is 5.69 Å². The number of para-hydroxylation sites is 1. The van der Waals surface area contributed by atoms with Crippen LogP contribution in [-0.2, 0) is 6.42 Å². The van der Waals surface area contributed by atoms with Crippen LogP contribution in [0, 0.1) is 0 Å². The summed E-state index contributed by atoms with van der Waals surface area (Å²) in [6.45, 7) is 5.58. The highest BCUT2D eigenvalue weighted by molar-refractivity contribution is 5.59. The van der Waals surface area contributed by atoms with Crippen molar-refractivity contribution < 1.29 is 0 Å². The molecule has 3 heteroatoms. The zero-order valence-electron chi connectivity index (χ0n) is 14.3. The standard InChI is InChI=1S/C20H27N3/c1-14(2)16-10-6-7-11-18(16)23-20-17(12-13-21-20)19(22-23)15-8-4-3-5-9-15/h6-7,10-11,14-15,21H,3-5,8-9,12-13H2,1-2H3. The quantitative estimate of drug-likeness (QED) is 0.863. The molecular formula is C20H27N3. The first kappa shape index (κ1) is 14.8. The number of rotatable bonds is 3. The summed E-state index contributed by atoms with van der Waals surface area (Å²) in [4.78, 5) is 0. The van der Waals surface area contributed by atoms with Crippen LogP contribution in [0.2, 0.25) is 0 Å². The molecule has 1 fully saturated rings. The Hall–Kier alpha value is -1.77. The lowest BCUT2D eigenvalue weighted by molar-refractivity contribution is 0.433. The van der Waals surface area contributed by atoms with Crippen molar-refractivity contribution in [3.63, 3.8) is 0 Å². The second-order valence-corrected chi connectivity index (χ2v) is 7.35. The van der Waals surface area contributed by atoms with E-state index in [1.807, 2.05) is 0 Å². The van der Waals surface area contributed by atoms with E-state index in [2.05, 4.69) is 48.1 Å². The third kappa shape index (κ3) is 2.56. The van der Waals surface area contributed by atoms with Gasteiger partial charge >= 0.3 is 0 Å². The molecule has 122 valence electrons. The van der Waals surface area contributed by atoms with Crippen LogP contribution in [0.5, 0.6) is 0 Å². The monoisotopic (exact) mass is 309 g/mol. The van der Waals surface area contributed by atoms with Crippen molar-refractivity contribution in [1.82, 2.24) is 9.78 Å². The smallest absolute Gasteiger partial charge is 0.133 e. The Labute approximate surface area is 139 Å². The second-order valence-electron chi connectivity index (χ2n) is 7.35. The third-order valence-corrected chi connectivity index (χ3v) is 5.46. The predicted molar refractivity (Wildman–Crippen MR) is 95.7 cm³/mol. The van der Waals surface area contributed by atoms with Crippen molar-refractivity contribution in [1.29, 1.82) is 0 Å². The van der Waals surface area contributed by atoms with Crippen LogP contribution in [0.4, 0.5) is 5.82 Å². The van der Waals surface area contributed by atoms with Crippen molar-refractivity contribution in [2.24, 2.45) is 0 Å². The average Bonchev–Trinajstić information content (AvgIpc) is 3.18. The fraction of sp³-hybridized carbons (Fsp3) is 0.550. The molecule has 23 heavy (non-hydrogen) atoms. The van der Waals surface area contributed by atoms with Gasteiger partial charge in [0.25, 0.3) is 0 Å². The Morgan fingerprint density at radius 3 is 2.70 bits per heavy atom. The van der Waals surface area contributed by atoms with E-state index in [0.717, 1.165) is 13.0 Å². The maximum absolute atomic E-state index is 5.12. The van der Waals surface area contributed by atoms with Gasteiger partial charge in [-0.3, -0.25) is 0 Å². The van der Waals surface area contributed by atoms with Crippen LogP contribution >= 0.6 is 0 Å². The second kappa shape index (κ2) is 6.03. The molecule has 3 nitrogen and oxygen atoms in total. The van der Waals surface area contributed by atoms with E-state index >= 15 is 0 Å². The van der Waals surface area contributed by atoms with E-state index in [1.165, 1.54) is 60.4 Å². The lowest BCUT2D eigenvalue weighted by Gasteiger charge is -2.20. The highest BCUT2D eigenvalue weighted by Gasteiger charge is 2.29. The van der Waals surface area contributed by atoms with Crippen LogP contribution in [0.1, 0.15) is 74.6 Å². The summed E-state index contributed by atoms with van der Waals surface area (Å²) < 4.78 is 2.20. The summed E-state index contributed by atoms with van der Waals surface area (Å²) in [6, 6.07) is 8.72. The van der Waals surface area contributed by atoms with E-state index in [4.69, 9.17) is 5.10 Å². The SMILES string of the molecule is CC(C)c1ccccc1-n1nc(C2CCCCC2)c2c1NCC2. The molecule has 0 unspecified atom stereocenters. The number of hydrogen-bond acceptors (Lipinski definition) is 2. The van der Waals surface area contributed by atoms with E-state index in [9.17, 15) is 0 Å². The van der Waals surface area contributed by atoms with Crippen molar-refractivity contribution >= 4 is 5.82 Å². The third-order valence-electron chi connectivity index (χ3n) is 5.46. The number of anilines is 1. The highest BCUT2D eigenvalue weighted by atomic mass is 15.3. The molecule has 2 heterocycles. The van der Waals surface area contributed by atoms with Gasteiger partial charge in [0.1, 0.15) is 5.82 Å². The van der Waals surface area contributed by atoms with Gasteiger partial charge < -0.3 is 5.32 Å². The summed E-state index contributed by atoms with van der Waals surface area (Å²) in [5.74, 6) is 2.43. The number of nitrogens with one attached hydrogen (secondary N) is 1. The van der Waals surface area contributed by atoms with E-state index in [1.54, 1.807) is 0 Å². The van der Waals surface area contributed by atoms with E-state index < -0.39 is 0 Å². The van der Waals surface area contributed by atoms with Gasteiger partial charge in [0.05, 0.1) is 11.4 Å². The number of hydrogen-bond donors (Lipinski definition) is 1. The number of aromatic nitrogens is 2. The molecule has 2 aromatic rings. The highest BCUT2D eigenvalue weighted by Crippen LogP contribution is 2.39. The summed E-state index contributed by atoms with van der Waals surface area (Å²) in [5, 5.41) is 8.72. The van der Waals surface area contributed by atoms with Gasteiger partial charge in [-0.2, -0.15) is 5.10 Å². The average molecular weight is 309 g/mol. The summed E-state index contributed by atoms with van der Waals surface area (Å²) >= 11 is 0. The summed E-state index contributed by atoms with van der Waals surface area (Å²) in [6.07, 6.45) is 7.88. The fourth-order valence-corrected chi connectivity index (χ4v) is 4.25. The maximum atomic E-state index is 5.12. The van der Waals surface area contributed by atoms with Crippen molar-refractivity contribution in [3.8, 4) is 5.69 Å². The molecule has 0 radical (unpaired) electrons. The molecule has 0 atom stereocenters. The van der Waals surface area contributed by atoms with Gasteiger partial charge in [-0.25, -0.2) is 4.68 Å². The molecule has 0 bridgehead atoms. The Balaban J connectivity index is 1.81. The molecular weight excluding hydrogens is 282 g/mol. The lowest BCUT2D eigenvalue weighted by atomic mass is 9.85. The molecule has 1 aromatic carbocycles. The molecule has 0 saturated heterocycles. The Morgan fingerprint density at radius 1 is 1.13 bits per heavy atom. The normalized spacial score (nSPS) is 18.2. The minimum absolute atomic E-state index is 0.505. The van der Waals surface area contributed by atoms with Crippen molar-refractivity contribution in [2.75, 3.05) is 11.9 Å². The molecule has 2 aliphatic rings. The maximum Gasteiger partial charge on any atom is 0.133 e. The molecule has 1 aliphatic heterocycles. The predicted octanol–water partition coefficient (Wildman–Crippen LogP) is 5.01. The first-order valence-corrected chi connectivity index (χ1v) is 9.20. The van der Waals surface area contributed by atoms with Crippen molar-refractivity contribution in [2.45, 2.75) is 64.2 Å². The fourth-order valence-electron chi connectivity index (χ4n) is 4.25. The van der Waals surface area contributed by atoms with Crippen LogP contribution in [0.3, 0.4) is 0 Å². The molecule has 1 N–H and O–H groups in total. The van der Waals surface area contributed by atoms with Crippen LogP contribution in [0.15, 0.2) is 24.3 Å². The number of fused-ring (bicyclic) bond motifs is 1. The Kier molecular flexibility index (Phi) is 3.88. The molecule has 0 spiro atoms. The molecule has 4 rings (SSSR count). The number of nitrogens with zero attached hydrogens (tertiary/aromatic N) is 2. The largest absolute Gasteiger partial charge is 0.369 e. The molecule has 1 saturated carbocycles. The van der Waals surface area contributed by atoms with E-state index in [-0.39, 0.29) is 0 Å².